The Balaban J connectivity index is 1.79. The van der Waals surface area contributed by atoms with Gasteiger partial charge in [-0.1, -0.05) is 36.9 Å². The number of nitrogens with zero attached hydrogens (tertiary/aromatic N) is 1. The van der Waals surface area contributed by atoms with E-state index in [4.69, 9.17) is 4.74 Å². The molecule has 0 radical (unpaired) electrons. The van der Waals surface area contributed by atoms with E-state index < -0.39 is 38.8 Å². The van der Waals surface area contributed by atoms with Gasteiger partial charge in [0.1, 0.15) is 5.25 Å². The van der Waals surface area contributed by atoms with Crippen molar-refractivity contribution in [3.05, 3.63) is 78.4 Å². The largest absolute Gasteiger partial charge is 0.416 e. The maximum absolute atomic E-state index is 13.1. The Morgan fingerprint density at radius 3 is 2.30 bits per heavy atom. The number of hydrogen-bond acceptors (Lipinski definition) is 4. The minimum absolute atomic E-state index is 0.0439. The van der Waals surface area contributed by atoms with Crippen molar-refractivity contribution in [2.24, 2.45) is 0 Å². The average molecular weight is 439 g/mol. The van der Waals surface area contributed by atoms with E-state index in [2.05, 4.69) is 6.58 Å². The Morgan fingerprint density at radius 2 is 1.73 bits per heavy atom. The lowest BCUT2D eigenvalue weighted by molar-refractivity contribution is -0.137. The molecule has 30 heavy (non-hydrogen) atoms. The summed E-state index contributed by atoms with van der Waals surface area (Å²) in [5.74, 6) is -0.413. The molecule has 1 amide bonds. The van der Waals surface area contributed by atoms with Crippen LogP contribution in [0.15, 0.2) is 72.1 Å². The van der Waals surface area contributed by atoms with Crippen molar-refractivity contribution in [1.82, 2.24) is 4.90 Å². The van der Waals surface area contributed by atoms with Gasteiger partial charge in [-0.05, 0) is 35.9 Å². The summed E-state index contributed by atoms with van der Waals surface area (Å²) in [5.41, 5.74) is -0.313. The molecule has 2 atom stereocenters. The zero-order valence-electron chi connectivity index (χ0n) is 15.9. The molecule has 2 aromatic rings. The summed E-state index contributed by atoms with van der Waals surface area (Å²) in [4.78, 5) is 13.5. The van der Waals surface area contributed by atoms with Crippen molar-refractivity contribution in [2.75, 3.05) is 13.1 Å². The van der Waals surface area contributed by atoms with Crippen LogP contribution in [0.25, 0.3) is 0 Å². The van der Waals surface area contributed by atoms with E-state index in [0.29, 0.717) is 5.56 Å². The van der Waals surface area contributed by atoms with Crippen LogP contribution >= 0.6 is 0 Å². The molecule has 1 saturated heterocycles. The summed E-state index contributed by atoms with van der Waals surface area (Å²) in [6.45, 7) is 3.33. The van der Waals surface area contributed by atoms with Crippen LogP contribution in [0.1, 0.15) is 11.1 Å². The van der Waals surface area contributed by atoms with Crippen LogP contribution in [-0.2, 0) is 32.2 Å². The second kappa shape index (κ2) is 8.61. The first-order valence-electron chi connectivity index (χ1n) is 9.11. The highest BCUT2D eigenvalue weighted by Crippen LogP contribution is 2.30. The number of amides is 1. The summed E-state index contributed by atoms with van der Waals surface area (Å²) in [5, 5.41) is -1.00. The van der Waals surface area contributed by atoms with Crippen molar-refractivity contribution in [3.63, 3.8) is 0 Å². The lowest BCUT2D eigenvalue weighted by Gasteiger charge is -2.19. The molecular weight excluding hydrogens is 419 g/mol. The van der Waals surface area contributed by atoms with Crippen LogP contribution in [0.2, 0.25) is 0 Å². The van der Waals surface area contributed by atoms with Gasteiger partial charge < -0.3 is 9.64 Å². The highest BCUT2D eigenvalue weighted by Gasteiger charge is 2.44. The fourth-order valence-electron chi connectivity index (χ4n) is 3.29. The lowest BCUT2D eigenvalue weighted by Crippen LogP contribution is -2.35. The molecular formula is C21H20F3NO4S. The van der Waals surface area contributed by atoms with E-state index in [-0.39, 0.29) is 24.6 Å². The fourth-order valence-corrected chi connectivity index (χ4v) is 5.12. The molecule has 0 bridgehead atoms. The van der Waals surface area contributed by atoms with E-state index in [0.717, 1.165) is 18.2 Å². The third kappa shape index (κ3) is 4.73. The first-order valence-corrected chi connectivity index (χ1v) is 10.7. The molecule has 1 fully saturated rings. The lowest BCUT2D eigenvalue weighted by atomic mass is 10.1. The maximum atomic E-state index is 13.1. The predicted molar refractivity (Wildman–Crippen MR) is 104 cm³/mol. The first-order chi connectivity index (χ1) is 14.1. The SMILES string of the molecule is C=CC(=O)N1CC(OCc2ccc(C(F)(F)F)cc2)C(S(=O)(=O)c2ccccc2)C1. The summed E-state index contributed by atoms with van der Waals surface area (Å²) in [7, 11) is -3.79. The summed E-state index contributed by atoms with van der Waals surface area (Å²) in [6, 6.07) is 12.3. The number of carbonyl (C=O) groups excluding carboxylic acids is 1. The Kier molecular flexibility index (Phi) is 6.33. The monoisotopic (exact) mass is 439 g/mol. The molecule has 0 aromatic heterocycles. The fraction of sp³-hybridized carbons (Fsp3) is 0.286. The normalized spacial score (nSPS) is 19.6. The van der Waals surface area contributed by atoms with Crippen LogP contribution in [-0.4, -0.2) is 43.7 Å². The summed E-state index contributed by atoms with van der Waals surface area (Å²) >= 11 is 0. The minimum Gasteiger partial charge on any atom is -0.370 e. The van der Waals surface area contributed by atoms with Gasteiger partial charge >= 0.3 is 6.18 Å². The topological polar surface area (TPSA) is 63.7 Å². The molecule has 0 spiro atoms. The van der Waals surface area contributed by atoms with E-state index in [9.17, 15) is 26.4 Å². The molecule has 5 nitrogen and oxygen atoms in total. The Labute approximate surface area is 172 Å². The van der Waals surface area contributed by atoms with Gasteiger partial charge in [-0.25, -0.2) is 8.42 Å². The Hall–Kier alpha value is -2.65. The minimum atomic E-state index is -4.44. The van der Waals surface area contributed by atoms with Gasteiger partial charge in [0.2, 0.25) is 5.91 Å². The van der Waals surface area contributed by atoms with Crippen LogP contribution in [0.5, 0.6) is 0 Å². The molecule has 1 aliphatic rings. The van der Waals surface area contributed by atoms with Crippen molar-refractivity contribution in [1.29, 1.82) is 0 Å². The van der Waals surface area contributed by atoms with Gasteiger partial charge in [0.15, 0.2) is 9.84 Å². The smallest absolute Gasteiger partial charge is 0.370 e. The maximum Gasteiger partial charge on any atom is 0.416 e. The molecule has 2 unspecified atom stereocenters. The third-order valence-electron chi connectivity index (χ3n) is 4.92. The molecule has 1 heterocycles. The van der Waals surface area contributed by atoms with E-state index in [1.807, 2.05) is 0 Å². The van der Waals surface area contributed by atoms with Gasteiger partial charge in [0.05, 0.1) is 23.2 Å². The summed E-state index contributed by atoms with van der Waals surface area (Å²) in [6.07, 6.45) is -4.17. The average Bonchev–Trinajstić information content (AvgIpc) is 3.17. The summed E-state index contributed by atoms with van der Waals surface area (Å²) < 4.78 is 70.1. The van der Waals surface area contributed by atoms with Crippen molar-refractivity contribution >= 4 is 15.7 Å². The Bertz CT molecular complexity index is 1000. The predicted octanol–water partition coefficient (Wildman–Crippen LogP) is 3.46. The number of carbonyl (C=O) groups is 1. The first kappa shape index (κ1) is 22.0. The standard InChI is InChI=1S/C21H20F3NO4S/c1-2-20(26)25-12-18(19(13-25)30(27,28)17-6-4-3-5-7-17)29-14-15-8-10-16(11-9-15)21(22,23)24/h2-11,18-19H,1,12-14H2. The highest BCUT2D eigenvalue weighted by molar-refractivity contribution is 7.92. The molecule has 9 heteroatoms. The molecule has 160 valence electrons. The van der Waals surface area contributed by atoms with E-state index in [1.54, 1.807) is 18.2 Å². The van der Waals surface area contributed by atoms with Gasteiger partial charge in [-0.3, -0.25) is 4.79 Å². The van der Waals surface area contributed by atoms with Gasteiger partial charge in [-0.2, -0.15) is 13.2 Å². The molecule has 0 aliphatic carbocycles. The number of benzene rings is 2. The zero-order valence-corrected chi connectivity index (χ0v) is 16.7. The number of halogens is 3. The quantitative estimate of drug-likeness (QED) is 0.647. The number of hydrogen-bond donors (Lipinski definition) is 0. The number of rotatable bonds is 6. The number of sulfone groups is 1. The van der Waals surface area contributed by atoms with Gasteiger partial charge in [0.25, 0.3) is 0 Å². The number of alkyl halides is 3. The Morgan fingerprint density at radius 1 is 1.10 bits per heavy atom. The number of likely N-dealkylation sites (tertiary alicyclic amines) is 1. The van der Waals surface area contributed by atoms with E-state index >= 15 is 0 Å². The van der Waals surface area contributed by atoms with Gasteiger partial charge in [-0.15, -0.1) is 0 Å². The van der Waals surface area contributed by atoms with Crippen LogP contribution in [0, 0.1) is 0 Å². The molecule has 2 aromatic carbocycles. The molecule has 1 aliphatic heterocycles. The van der Waals surface area contributed by atoms with Crippen LogP contribution < -0.4 is 0 Å². The molecule has 0 N–H and O–H groups in total. The second-order valence-electron chi connectivity index (χ2n) is 6.89. The van der Waals surface area contributed by atoms with Crippen molar-refractivity contribution in [2.45, 2.75) is 29.0 Å². The second-order valence-corrected chi connectivity index (χ2v) is 9.05. The highest BCUT2D eigenvalue weighted by atomic mass is 32.2. The number of ether oxygens (including phenoxy) is 1. The molecule has 3 rings (SSSR count). The zero-order chi connectivity index (χ0) is 21.9. The van der Waals surface area contributed by atoms with E-state index in [1.165, 1.54) is 29.2 Å². The van der Waals surface area contributed by atoms with Crippen LogP contribution in [0.3, 0.4) is 0 Å². The molecule has 0 saturated carbocycles. The van der Waals surface area contributed by atoms with Crippen molar-refractivity contribution in [3.8, 4) is 0 Å². The van der Waals surface area contributed by atoms with Gasteiger partial charge in [0, 0.05) is 13.1 Å². The van der Waals surface area contributed by atoms with Crippen molar-refractivity contribution < 1.29 is 31.1 Å². The third-order valence-corrected chi connectivity index (χ3v) is 7.10. The van der Waals surface area contributed by atoms with Crippen LogP contribution in [0.4, 0.5) is 13.2 Å².